The van der Waals surface area contributed by atoms with Crippen LogP contribution in [-0.4, -0.2) is 16.1 Å². The molecule has 0 bridgehead atoms. The zero-order chi connectivity index (χ0) is 19.5. The third kappa shape index (κ3) is 4.03. The Hall–Kier alpha value is -3.22. The van der Waals surface area contributed by atoms with Crippen LogP contribution in [0.2, 0.25) is 5.02 Å². The summed E-state index contributed by atoms with van der Waals surface area (Å²) in [5, 5.41) is 10.00. The number of nitrogens with one attached hydrogen (secondary N) is 2. The average molecular weight is 408 g/mol. The SMILES string of the molecule is O=C(Nc1cccc(-c2ccc(=O)[nH]n2)c1)c1ccc(-c2ccc(Cl)cc2)s1. The topological polar surface area (TPSA) is 74.8 Å². The zero-order valence-electron chi connectivity index (χ0n) is 14.5. The molecular weight excluding hydrogens is 394 g/mol. The first-order valence-corrected chi connectivity index (χ1v) is 9.61. The highest BCUT2D eigenvalue weighted by Crippen LogP contribution is 2.29. The molecular formula is C21H14ClN3O2S. The second-order valence-electron chi connectivity index (χ2n) is 6.01. The van der Waals surface area contributed by atoms with E-state index >= 15 is 0 Å². The number of amides is 1. The zero-order valence-corrected chi connectivity index (χ0v) is 16.1. The van der Waals surface area contributed by atoms with Gasteiger partial charge in [-0.1, -0.05) is 35.9 Å². The quantitative estimate of drug-likeness (QED) is 0.495. The molecule has 4 aromatic rings. The molecule has 0 saturated carbocycles. The standard InChI is InChI=1S/C21H14ClN3O2S/c22-15-6-4-13(5-7-15)18-9-10-19(28-18)21(27)23-16-3-1-2-14(12-16)17-8-11-20(26)25-24-17/h1-12H,(H,23,27)(H,25,26). The first-order valence-electron chi connectivity index (χ1n) is 8.42. The second kappa shape index (κ2) is 7.80. The number of thiophene rings is 1. The third-order valence-corrected chi connectivity index (χ3v) is 5.44. The van der Waals surface area contributed by atoms with Crippen LogP contribution in [0.15, 0.2) is 77.6 Å². The number of hydrogen-bond donors (Lipinski definition) is 2. The minimum absolute atomic E-state index is 0.184. The van der Waals surface area contributed by atoms with Gasteiger partial charge in [0.1, 0.15) is 0 Å². The van der Waals surface area contributed by atoms with E-state index in [0.29, 0.717) is 21.3 Å². The summed E-state index contributed by atoms with van der Waals surface area (Å²) in [6.07, 6.45) is 0. The number of nitrogens with zero attached hydrogens (tertiary/aromatic N) is 1. The van der Waals surface area contributed by atoms with Crippen LogP contribution in [0, 0.1) is 0 Å². The van der Waals surface area contributed by atoms with Crippen LogP contribution < -0.4 is 10.9 Å². The number of H-pyrrole nitrogens is 1. The third-order valence-electron chi connectivity index (χ3n) is 4.05. The van der Waals surface area contributed by atoms with Gasteiger partial charge in [0.25, 0.3) is 11.5 Å². The Kier molecular flexibility index (Phi) is 5.06. The molecule has 0 unspecified atom stereocenters. The molecule has 2 aromatic heterocycles. The van der Waals surface area contributed by atoms with E-state index < -0.39 is 0 Å². The predicted molar refractivity (Wildman–Crippen MR) is 113 cm³/mol. The Labute approximate surface area is 169 Å². The fourth-order valence-electron chi connectivity index (χ4n) is 2.68. The van der Waals surface area contributed by atoms with Gasteiger partial charge in [0.15, 0.2) is 0 Å². The van der Waals surface area contributed by atoms with Gasteiger partial charge in [-0.2, -0.15) is 5.10 Å². The van der Waals surface area contributed by atoms with E-state index in [1.54, 1.807) is 18.2 Å². The maximum absolute atomic E-state index is 12.6. The monoisotopic (exact) mass is 407 g/mol. The first kappa shape index (κ1) is 18.2. The Bertz CT molecular complexity index is 1180. The number of aromatic nitrogens is 2. The fourth-order valence-corrected chi connectivity index (χ4v) is 3.72. The lowest BCUT2D eigenvalue weighted by molar-refractivity contribution is 0.103. The van der Waals surface area contributed by atoms with E-state index in [4.69, 9.17) is 11.6 Å². The van der Waals surface area contributed by atoms with E-state index in [0.717, 1.165) is 16.0 Å². The largest absolute Gasteiger partial charge is 0.321 e. The van der Waals surface area contributed by atoms with Gasteiger partial charge in [-0.3, -0.25) is 9.59 Å². The minimum atomic E-state index is -0.262. The van der Waals surface area contributed by atoms with Crippen LogP contribution in [-0.2, 0) is 0 Å². The van der Waals surface area contributed by atoms with E-state index in [1.165, 1.54) is 17.4 Å². The molecule has 1 amide bonds. The van der Waals surface area contributed by atoms with Gasteiger partial charge in [-0.15, -0.1) is 11.3 Å². The highest BCUT2D eigenvalue weighted by molar-refractivity contribution is 7.17. The number of benzene rings is 2. The lowest BCUT2D eigenvalue weighted by Gasteiger charge is -2.06. The van der Waals surface area contributed by atoms with Gasteiger partial charge in [0, 0.05) is 27.2 Å². The van der Waals surface area contributed by atoms with Crippen LogP contribution in [0.25, 0.3) is 21.7 Å². The number of halogens is 1. The first-order chi connectivity index (χ1) is 13.6. The van der Waals surface area contributed by atoms with E-state index in [1.807, 2.05) is 48.5 Å². The average Bonchev–Trinajstić information content (AvgIpc) is 3.20. The van der Waals surface area contributed by atoms with Gasteiger partial charge in [0.05, 0.1) is 10.6 Å². The predicted octanol–water partition coefficient (Wildman–Crippen LogP) is 5.07. The smallest absolute Gasteiger partial charge is 0.265 e. The molecule has 2 heterocycles. The van der Waals surface area contributed by atoms with Crippen LogP contribution in [0.3, 0.4) is 0 Å². The summed E-state index contributed by atoms with van der Waals surface area (Å²) in [5.74, 6) is -0.184. The Morgan fingerprint density at radius 2 is 1.79 bits per heavy atom. The summed E-state index contributed by atoms with van der Waals surface area (Å²) in [6, 6.07) is 21.6. The summed E-state index contributed by atoms with van der Waals surface area (Å²) in [4.78, 5) is 25.4. The van der Waals surface area contributed by atoms with Crippen molar-refractivity contribution in [2.75, 3.05) is 5.32 Å². The molecule has 0 radical (unpaired) electrons. The number of carbonyl (C=O) groups excluding carboxylic acids is 1. The fraction of sp³-hybridized carbons (Fsp3) is 0. The van der Waals surface area contributed by atoms with Gasteiger partial charge in [0.2, 0.25) is 0 Å². The summed E-state index contributed by atoms with van der Waals surface area (Å²) in [6.45, 7) is 0. The number of anilines is 1. The normalized spacial score (nSPS) is 10.6. The molecule has 0 aliphatic carbocycles. The Morgan fingerprint density at radius 1 is 0.964 bits per heavy atom. The van der Waals surface area contributed by atoms with Crippen molar-refractivity contribution in [3.8, 4) is 21.7 Å². The van der Waals surface area contributed by atoms with Crippen molar-refractivity contribution in [1.82, 2.24) is 10.2 Å². The maximum Gasteiger partial charge on any atom is 0.265 e. The van der Waals surface area contributed by atoms with Crippen molar-refractivity contribution in [3.63, 3.8) is 0 Å². The molecule has 0 aliphatic rings. The highest BCUT2D eigenvalue weighted by atomic mass is 35.5. The molecule has 0 aliphatic heterocycles. The molecule has 2 N–H and O–H groups in total. The molecule has 2 aromatic carbocycles. The maximum atomic E-state index is 12.6. The van der Waals surface area contributed by atoms with Gasteiger partial charge >= 0.3 is 0 Å². The molecule has 138 valence electrons. The number of hydrogen-bond acceptors (Lipinski definition) is 4. The Morgan fingerprint density at radius 3 is 2.54 bits per heavy atom. The highest BCUT2D eigenvalue weighted by Gasteiger charge is 2.11. The van der Waals surface area contributed by atoms with Gasteiger partial charge in [-0.05, 0) is 48.0 Å². The number of rotatable bonds is 4. The van der Waals surface area contributed by atoms with Crippen LogP contribution in [0.5, 0.6) is 0 Å². The summed E-state index contributed by atoms with van der Waals surface area (Å²) in [7, 11) is 0. The van der Waals surface area contributed by atoms with Crippen molar-refractivity contribution in [2.24, 2.45) is 0 Å². The molecule has 7 heteroatoms. The summed E-state index contributed by atoms with van der Waals surface area (Å²) in [5.41, 5.74) is 2.82. The van der Waals surface area contributed by atoms with E-state index in [9.17, 15) is 9.59 Å². The van der Waals surface area contributed by atoms with Crippen LogP contribution in [0.4, 0.5) is 5.69 Å². The summed E-state index contributed by atoms with van der Waals surface area (Å²) >= 11 is 7.34. The molecule has 0 atom stereocenters. The van der Waals surface area contributed by atoms with Crippen molar-refractivity contribution in [3.05, 3.63) is 93.0 Å². The molecule has 0 fully saturated rings. The number of aromatic amines is 1. The van der Waals surface area contributed by atoms with E-state index in [-0.39, 0.29) is 11.5 Å². The van der Waals surface area contributed by atoms with Crippen molar-refractivity contribution in [2.45, 2.75) is 0 Å². The molecule has 0 spiro atoms. The molecule has 0 saturated heterocycles. The van der Waals surface area contributed by atoms with Crippen molar-refractivity contribution >= 4 is 34.5 Å². The molecule has 5 nitrogen and oxygen atoms in total. The van der Waals surface area contributed by atoms with Crippen LogP contribution in [0.1, 0.15) is 9.67 Å². The lowest BCUT2D eigenvalue weighted by atomic mass is 10.1. The second-order valence-corrected chi connectivity index (χ2v) is 7.53. The van der Waals surface area contributed by atoms with Gasteiger partial charge < -0.3 is 5.32 Å². The summed E-state index contributed by atoms with van der Waals surface area (Å²) < 4.78 is 0. The van der Waals surface area contributed by atoms with Crippen LogP contribution >= 0.6 is 22.9 Å². The molecule has 4 rings (SSSR count). The number of carbonyl (C=O) groups is 1. The van der Waals surface area contributed by atoms with Gasteiger partial charge in [-0.25, -0.2) is 5.10 Å². The van der Waals surface area contributed by atoms with Crippen molar-refractivity contribution < 1.29 is 4.79 Å². The van der Waals surface area contributed by atoms with Crippen molar-refractivity contribution in [1.29, 1.82) is 0 Å². The molecule has 28 heavy (non-hydrogen) atoms. The minimum Gasteiger partial charge on any atom is -0.321 e. The lowest BCUT2D eigenvalue weighted by Crippen LogP contribution is -2.10. The Balaban J connectivity index is 1.52. The van der Waals surface area contributed by atoms with E-state index in [2.05, 4.69) is 15.5 Å².